The van der Waals surface area contributed by atoms with Gasteiger partial charge in [0.25, 0.3) is 15.7 Å². The number of carbonyl (C=O) groups excluding carboxylic acids is 1. The highest BCUT2D eigenvalue weighted by atomic mass is 32.2. The molecular weight excluding hydrogens is 276 g/mol. The molecule has 106 valence electrons. The highest BCUT2D eigenvalue weighted by Gasteiger charge is 2.17. The van der Waals surface area contributed by atoms with Crippen molar-refractivity contribution >= 4 is 16.2 Å². The van der Waals surface area contributed by atoms with Crippen LogP contribution in [-0.2, 0) is 14.9 Å². The van der Waals surface area contributed by atoms with Gasteiger partial charge in [0.2, 0.25) is 0 Å². The Morgan fingerprint density at radius 2 is 2.00 bits per heavy atom. The molecule has 9 heteroatoms. The van der Waals surface area contributed by atoms with Crippen molar-refractivity contribution < 1.29 is 22.5 Å². The SMILES string of the molecule is CC(C)(C)OC(=O)Nn1ccc(S(=O)(=O)O)cc1=O. The first-order valence-corrected chi connectivity index (χ1v) is 6.63. The molecule has 0 radical (unpaired) electrons. The summed E-state index contributed by atoms with van der Waals surface area (Å²) in [6, 6.07) is 1.64. The van der Waals surface area contributed by atoms with E-state index < -0.39 is 32.3 Å². The second kappa shape index (κ2) is 5.02. The second-order valence-corrected chi connectivity index (χ2v) is 6.08. The number of hydrogen-bond acceptors (Lipinski definition) is 5. The fourth-order valence-corrected chi connectivity index (χ4v) is 1.60. The van der Waals surface area contributed by atoms with Gasteiger partial charge in [-0.15, -0.1) is 0 Å². The summed E-state index contributed by atoms with van der Waals surface area (Å²) in [6.45, 7) is 4.95. The Bertz CT molecular complexity index is 641. The molecule has 8 nitrogen and oxygen atoms in total. The Morgan fingerprint density at radius 1 is 1.42 bits per heavy atom. The molecule has 0 saturated heterocycles. The predicted octanol–water partition coefficient (Wildman–Crippen LogP) is 0.574. The Labute approximate surface area is 109 Å². The van der Waals surface area contributed by atoms with Gasteiger partial charge in [-0.2, -0.15) is 8.42 Å². The molecule has 0 bridgehead atoms. The molecule has 0 unspecified atom stereocenters. The maximum absolute atomic E-state index is 11.5. The van der Waals surface area contributed by atoms with Crippen LogP contribution in [0.15, 0.2) is 28.0 Å². The van der Waals surface area contributed by atoms with Crippen molar-refractivity contribution in [3.8, 4) is 0 Å². The average molecular weight is 290 g/mol. The van der Waals surface area contributed by atoms with Gasteiger partial charge in [-0.3, -0.25) is 9.35 Å². The zero-order chi connectivity index (χ0) is 14.8. The smallest absolute Gasteiger partial charge is 0.427 e. The van der Waals surface area contributed by atoms with Gasteiger partial charge in [0.1, 0.15) is 10.5 Å². The van der Waals surface area contributed by atoms with Gasteiger partial charge in [-0.1, -0.05) is 0 Å². The molecule has 1 aromatic heterocycles. The quantitative estimate of drug-likeness (QED) is 0.770. The summed E-state index contributed by atoms with van der Waals surface area (Å²) >= 11 is 0. The summed E-state index contributed by atoms with van der Waals surface area (Å²) in [6.07, 6.45) is 0.129. The summed E-state index contributed by atoms with van der Waals surface area (Å²) < 4.78 is 36.0. The lowest BCUT2D eigenvalue weighted by molar-refractivity contribution is 0.0612. The maximum atomic E-state index is 11.5. The molecule has 1 amide bonds. The van der Waals surface area contributed by atoms with Crippen molar-refractivity contribution in [3.63, 3.8) is 0 Å². The predicted molar refractivity (Wildman–Crippen MR) is 66.1 cm³/mol. The van der Waals surface area contributed by atoms with Gasteiger partial charge < -0.3 is 4.74 Å². The van der Waals surface area contributed by atoms with E-state index in [9.17, 15) is 18.0 Å². The van der Waals surface area contributed by atoms with Gasteiger partial charge in [-0.05, 0) is 26.8 Å². The zero-order valence-electron chi connectivity index (χ0n) is 10.6. The molecule has 0 aliphatic heterocycles. The number of nitrogens with zero attached hydrogens (tertiary/aromatic N) is 1. The van der Waals surface area contributed by atoms with E-state index in [1.165, 1.54) is 0 Å². The van der Waals surface area contributed by atoms with Gasteiger partial charge in [0.05, 0.1) is 0 Å². The highest BCUT2D eigenvalue weighted by Crippen LogP contribution is 2.07. The number of ether oxygens (including phenoxy) is 1. The van der Waals surface area contributed by atoms with Crippen LogP contribution >= 0.6 is 0 Å². The largest absolute Gasteiger partial charge is 0.443 e. The summed E-state index contributed by atoms with van der Waals surface area (Å²) in [5.74, 6) is 0. The summed E-state index contributed by atoms with van der Waals surface area (Å²) in [4.78, 5) is 22.4. The lowest BCUT2D eigenvalue weighted by Crippen LogP contribution is -2.36. The summed E-state index contributed by atoms with van der Waals surface area (Å²) in [5, 5.41) is 0. The summed E-state index contributed by atoms with van der Waals surface area (Å²) in [7, 11) is -4.46. The zero-order valence-corrected chi connectivity index (χ0v) is 11.4. The van der Waals surface area contributed by atoms with E-state index in [0.717, 1.165) is 16.9 Å². The lowest BCUT2D eigenvalue weighted by atomic mass is 10.2. The van der Waals surface area contributed by atoms with Crippen LogP contribution in [0.3, 0.4) is 0 Å². The van der Waals surface area contributed by atoms with Crippen molar-refractivity contribution in [2.24, 2.45) is 0 Å². The number of aromatic nitrogens is 1. The van der Waals surface area contributed by atoms with E-state index in [0.29, 0.717) is 6.07 Å². The molecule has 0 aliphatic carbocycles. The van der Waals surface area contributed by atoms with Crippen LogP contribution in [0.4, 0.5) is 4.79 Å². The molecule has 0 spiro atoms. The van der Waals surface area contributed by atoms with Gasteiger partial charge in [0, 0.05) is 12.3 Å². The van der Waals surface area contributed by atoms with Crippen molar-refractivity contribution in [1.29, 1.82) is 0 Å². The first-order valence-electron chi connectivity index (χ1n) is 5.19. The minimum Gasteiger partial charge on any atom is -0.443 e. The monoisotopic (exact) mass is 290 g/mol. The van der Waals surface area contributed by atoms with Crippen LogP contribution in [0, 0.1) is 0 Å². The van der Waals surface area contributed by atoms with Crippen LogP contribution < -0.4 is 11.0 Å². The number of amides is 1. The molecule has 0 aliphatic rings. The first-order chi connectivity index (χ1) is 8.49. The third kappa shape index (κ3) is 4.72. The van der Waals surface area contributed by atoms with Gasteiger partial charge in [0.15, 0.2) is 0 Å². The number of hydrogen-bond donors (Lipinski definition) is 2. The van der Waals surface area contributed by atoms with E-state index in [2.05, 4.69) is 5.43 Å². The highest BCUT2D eigenvalue weighted by molar-refractivity contribution is 7.85. The van der Waals surface area contributed by atoms with Gasteiger partial charge in [-0.25, -0.2) is 14.9 Å². The molecule has 0 atom stereocenters. The van der Waals surface area contributed by atoms with E-state index in [1.54, 1.807) is 20.8 Å². The fraction of sp³-hybridized carbons (Fsp3) is 0.400. The Morgan fingerprint density at radius 3 is 2.42 bits per heavy atom. The lowest BCUT2D eigenvalue weighted by Gasteiger charge is -2.20. The molecule has 0 saturated carbocycles. The molecule has 1 rings (SSSR count). The number of carbonyl (C=O) groups is 1. The molecular formula is C10H14N2O6S. The average Bonchev–Trinajstić information content (AvgIpc) is 2.16. The molecule has 0 fully saturated rings. The van der Waals surface area contributed by atoms with Crippen molar-refractivity contribution in [3.05, 3.63) is 28.7 Å². The van der Waals surface area contributed by atoms with Crippen LogP contribution in [-0.4, -0.2) is 29.3 Å². The normalized spacial score (nSPS) is 12.0. The van der Waals surface area contributed by atoms with E-state index in [4.69, 9.17) is 9.29 Å². The maximum Gasteiger partial charge on any atom is 0.427 e. The molecule has 0 aromatic carbocycles. The van der Waals surface area contributed by atoms with Crippen LogP contribution in [0.2, 0.25) is 0 Å². The Hall–Kier alpha value is -1.87. The van der Waals surface area contributed by atoms with Gasteiger partial charge >= 0.3 is 6.09 Å². The second-order valence-electron chi connectivity index (χ2n) is 4.66. The number of rotatable bonds is 2. The summed E-state index contributed by atoms with van der Waals surface area (Å²) in [5.41, 5.74) is 0.545. The Kier molecular flexibility index (Phi) is 4.01. The first kappa shape index (κ1) is 15.2. The number of pyridine rings is 1. The minimum atomic E-state index is -4.46. The third-order valence-corrected chi connectivity index (χ3v) is 2.65. The van der Waals surface area contributed by atoms with E-state index in [1.807, 2.05) is 0 Å². The van der Waals surface area contributed by atoms with Crippen LogP contribution in [0.5, 0.6) is 0 Å². The van der Waals surface area contributed by atoms with E-state index >= 15 is 0 Å². The molecule has 19 heavy (non-hydrogen) atoms. The third-order valence-electron chi connectivity index (χ3n) is 1.80. The molecule has 2 N–H and O–H groups in total. The van der Waals surface area contributed by atoms with Crippen LogP contribution in [0.25, 0.3) is 0 Å². The fourth-order valence-electron chi connectivity index (χ4n) is 1.11. The molecule has 1 aromatic rings. The number of nitrogens with one attached hydrogen (secondary N) is 1. The standard InChI is InChI=1S/C10H14N2O6S/c1-10(2,3)18-9(14)11-12-5-4-7(6-8(12)13)19(15,16)17/h4-6H,1-3H3,(H,11,14)(H,15,16,17). The Balaban J connectivity index is 2.94. The van der Waals surface area contributed by atoms with Crippen LogP contribution in [0.1, 0.15) is 20.8 Å². The molecule has 1 heterocycles. The minimum absolute atomic E-state index is 0.556. The van der Waals surface area contributed by atoms with Crippen molar-refractivity contribution in [2.75, 3.05) is 5.43 Å². The van der Waals surface area contributed by atoms with E-state index in [-0.39, 0.29) is 0 Å². The topological polar surface area (TPSA) is 115 Å². The van der Waals surface area contributed by atoms with Crippen molar-refractivity contribution in [2.45, 2.75) is 31.3 Å². The van der Waals surface area contributed by atoms with Crippen molar-refractivity contribution in [1.82, 2.24) is 4.68 Å².